The predicted octanol–water partition coefficient (Wildman–Crippen LogP) is 2.75. The van der Waals surface area contributed by atoms with E-state index in [4.69, 9.17) is 4.74 Å². The molecule has 1 aromatic carbocycles. The van der Waals surface area contributed by atoms with Crippen LogP contribution in [-0.2, 0) is 4.74 Å². The number of benzene rings is 1. The maximum Gasteiger partial charge on any atom is 0.271 e. The van der Waals surface area contributed by atoms with Crippen LogP contribution in [0.15, 0.2) is 40.9 Å². The molecule has 1 heterocycles. The second-order valence-electron chi connectivity index (χ2n) is 4.54. The predicted molar refractivity (Wildman–Crippen MR) is 88.3 cm³/mol. The van der Waals surface area contributed by atoms with Gasteiger partial charge in [0.25, 0.3) is 5.91 Å². The Labute approximate surface area is 137 Å². The quantitative estimate of drug-likeness (QED) is 0.738. The van der Waals surface area contributed by atoms with E-state index in [9.17, 15) is 4.79 Å². The Morgan fingerprint density at radius 2 is 2.14 bits per heavy atom. The number of hydrogen-bond donors (Lipinski definition) is 2. The lowest BCUT2D eigenvalue weighted by atomic mass is 10.3. The van der Waals surface area contributed by atoms with E-state index in [1.165, 1.54) is 0 Å². The molecule has 7 heteroatoms. The molecule has 0 radical (unpaired) electrons. The largest absolute Gasteiger partial charge is 0.385 e. The molecular weight excluding hydrogens is 348 g/mol. The molecule has 0 unspecified atom stereocenters. The second-order valence-corrected chi connectivity index (χ2v) is 5.46. The molecule has 0 aliphatic rings. The van der Waals surface area contributed by atoms with Gasteiger partial charge in [-0.2, -0.15) is 0 Å². The zero-order valence-electron chi connectivity index (χ0n) is 12.2. The van der Waals surface area contributed by atoms with Crippen LogP contribution in [0.1, 0.15) is 16.9 Å². The number of carbonyl (C=O) groups excluding carboxylic acids is 1. The fourth-order valence-corrected chi connectivity index (χ4v) is 2.14. The number of methoxy groups -OCH3 is 1. The van der Waals surface area contributed by atoms with Gasteiger partial charge in [-0.25, -0.2) is 0 Å². The maximum absolute atomic E-state index is 11.8. The number of carbonyl (C=O) groups is 1. The van der Waals surface area contributed by atoms with Crippen molar-refractivity contribution in [3.8, 4) is 0 Å². The van der Waals surface area contributed by atoms with Gasteiger partial charge in [-0.05, 0) is 36.8 Å². The van der Waals surface area contributed by atoms with Crippen molar-refractivity contribution in [1.82, 2.24) is 15.5 Å². The first-order chi connectivity index (χ1) is 10.7. The highest BCUT2D eigenvalue weighted by Gasteiger charge is 2.07. The monoisotopic (exact) mass is 364 g/mol. The number of nitrogens with one attached hydrogen (secondary N) is 2. The summed E-state index contributed by atoms with van der Waals surface area (Å²) in [7, 11) is 1.63. The van der Waals surface area contributed by atoms with E-state index in [-0.39, 0.29) is 11.6 Å². The van der Waals surface area contributed by atoms with Gasteiger partial charge in [0, 0.05) is 30.4 Å². The molecule has 0 fully saturated rings. The minimum absolute atomic E-state index is 0.238. The average molecular weight is 365 g/mol. The van der Waals surface area contributed by atoms with Crippen LogP contribution < -0.4 is 10.6 Å². The van der Waals surface area contributed by atoms with Gasteiger partial charge in [0.05, 0.1) is 0 Å². The first kappa shape index (κ1) is 16.4. The van der Waals surface area contributed by atoms with Crippen LogP contribution in [0.3, 0.4) is 0 Å². The van der Waals surface area contributed by atoms with Crippen molar-refractivity contribution in [1.29, 1.82) is 0 Å². The van der Waals surface area contributed by atoms with E-state index in [0.717, 1.165) is 16.6 Å². The molecule has 116 valence electrons. The number of ether oxygens (including phenoxy) is 1. The van der Waals surface area contributed by atoms with Crippen LogP contribution in [0.25, 0.3) is 0 Å². The van der Waals surface area contributed by atoms with Crippen LogP contribution in [0.4, 0.5) is 11.5 Å². The van der Waals surface area contributed by atoms with Gasteiger partial charge in [-0.1, -0.05) is 22.0 Å². The van der Waals surface area contributed by atoms with E-state index in [2.05, 4.69) is 36.8 Å². The summed E-state index contributed by atoms with van der Waals surface area (Å²) in [6, 6.07) is 11.1. The molecule has 1 aromatic heterocycles. The SMILES string of the molecule is COCCCNC(=O)c1ccc(Nc2cccc(Br)c2)nn1. The topological polar surface area (TPSA) is 76.1 Å². The smallest absolute Gasteiger partial charge is 0.271 e. The lowest BCUT2D eigenvalue weighted by molar-refractivity contribution is 0.0942. The van der Waals surface area contributed by atoms with E-state index >= 15 is 0 Å². The molecule has 0 saturated heterocycles. The highest BCUT2D eigenvalue weighted by Crippen LogP contribution is 2.18. The third-order valence-electron chi connectivity index (χ3n) is 2.81. The van der Waals surface area contributed by atoms with Crippen LogP contribution in [0.2, 0.25) is 0 Å². The van der Waals surface area contributed by atoms with Gasteiger partial charge >= 0.3 is 0 Å². The molecule has 6 nitrogen and oxygen atoms in total. The molecule has 0 atom stereocenters. The summed E-state index contributed by atoms with van der Waals surface area (Å²) in [5.41, 5.74) is 1.18. The zero-order chi connectivity index (χ0) is 15.8. The number of nitrogens with zero attached hydrogens (tertiary/aromatic N) is 2. The summed E-state index contributed by atoms with van der Waals surface area (Å²) < 4.78 is 5.89. The van der Waals surface area contributed by atoms with Crippen molar-refractivity contribution < 1.29 is 9.53 Å². The third-order valence-corrected chi connectivity index (χ3v) is 3.30. The highest BCUT2D eigenvalue weighted by atomic mass is 79.9. The first-order valence-electron chi connectivity index (χ1n) is 6.82. The fraction of sp³-hybridized carbons (Fsp3) is 0.267. The Morgan fingerprint density at radius 1 is 1.27 bits per heavy atom. The van der Waals surface area contributed by atoms with E-state index in [1.54, 1.807) is 19.2 Å². The number of amides is 1. The number of hydrogen-bond acceptors (Lipinski definition) is 5. The van der Waals surface area contributed by atoms with Crippen molar-refractivity contribution in [2.45, 2.75) is 6.42 Å². The Balaban J connectivity index is 1.91. The number of halogens is 1. The van der Waals surface area contributed by atoms with Crippen LogP contribution in [-0.4, -0.2) is 36.4 Å². The Bertz CT molecular complexity index is 619. The lowest BCUT2D eigenvalue weighted by Crippen LogP contribution is -2.26. The average Bonchev–Trinajstić information content (AvgIpc) is 2.52. The Kier molecular flexibility index (Phi) is 6.29. The van der Waals surface area contributed by atoms with Crippen LogP contribution >= 0.6 is 15.9 Å². The van der Waals surface area contributed by atoms with E-state index < -0.39 is 0 Å². The van der Waals surface area contributed by atoms with Gasteiger partial charge in [-0.3, -0.25) is 4.79 Å². The zero-order valence-corrected chi connectivity index (χ0v) is 13.8. The van der Waals surface area contributed by atoms with Crippen LogP contribution in [0.5, 0.6) is 0 Å². The first-order valence-corrected chi connectivity index (χ1v) is 7.62. The van der Waals surface area contributed by atoms with Gasteiger partial charge in [0.1, 0.15) is 0 Å². The normalized spacial score (nSPS) is 10.3. The molecular formula is C15H17BrN4O2. The summed E-state index contributed by atoms with van der Waals surface area (Å²) in [5.74, 6) is 0.339. The van der Waals surface area contributed by atoms with Crippen molar-refractivity contribution in [3.05, 3.63) is 46.6 Å². The third kappa shape index (κ3) is 5.09. The summed E-state index contributed by atoms with van der Waals surface area (Å²) in [6.45, 7) is 1.16. The van der Waals surface area contributed by atoms with Gasteiger partial charge in [-0.15, -0.1) is 10.2 Å². The Hall–Kier alpha value is -1.99. The fourth-order valence-electron chi connectivity index (χ4n) is 1.74. The minimum atomic E-state index is -0.238. The van der Waals surface area contributed by atoms with Gasteiger partial charge in [0.2, 0.25) is 0 Å². The van der Waals surface area contributed by atoms with Crippen molar-refractivity contribution in [3.63, 3.8) is 0 Å². The summed E-state index contributed by atoms with van der Waals surface area (Å²) in [6.07, 6.45) is 0.762. The van der Waals surface area contributed by atoms with Crippen LogP contribution in [0, 0.1) is 0 Å². The standard InChI is InChI=1S/C15H17BrN4O2/c1-22-9-3-8-17-15(21)13-6-7-14(20-19-13)18-12-5-2-4-11(16)10-12/h2,4-7,10H,3,8-9H2,1H3,(H,17,21)(H,18,20). The summed E-state index contributed by atoms with van der Waals surface area (Å²) in [5, 5.41) is 13.8. The summed E-state index contributed by atoms with van der Waals surface area (Å²) in [4.78, 5) is 11.8. The molecule has 0 spiro atoms. The molecule has 0 aliphatic heterocycles. The van der Waals surface area contributed by atoms with Gasteiger partial charge < -0.3 is 15.4 Å². The molecule has 2 rings (SSSR count). The minimum Gasteiger partial charge on any atom is -0.385 e. The Morgan fingerprint density at radius 3 is 2.82 bits per heavy atom. The van der Waals surface area contributed by atoms with Crippen molar-refractivity contribution >= 4 is 33.3 Å². The van der Waals surface area contributed by atoms with Crippen molar-refractivity contribution in [2.75, 3.05) is 25.6 Å². The van der Waals surface area contributed by atoms with E-state index in [0.29, 0.717) is 19.0 Å². The molecule has 0 aliphatic carbocycles. The lowest BCUT2D eigenvalue weighted by Gasteiger charge is -2.06. The van der Waals surface area contributed by atoms with Crippen molar-refractivity contribution in [2.24, 2.45) is 0 Å². The van der Waals surface area contributed by atoms with Gasteiger partial charge in [0.15, 0.2) is 11.5 Å². The maximum atomic E-state index is 11.8. The molecule has 1 amide bonds. The summed E-state index contributed by atoms with van der Waals surface area (Å²) >= 11 is 3.40. The second kappa shape index (κ2) is 8.45. The number of aromatic nitrogens is 2. The molecule has 22 heavy (non-hydrogen) atoms. The molecule has 0 bridgehead atoms. The highest BCUT2D eigenvalue weighted by molar-refractivity contribution is 9.10. The number of rotatable bonds is 7. The van der Waals surface area contributed by atoms with E-state index in [1.807, 2.05) is 24.3 Å². The molecule has 0 saturated carbocycles. The molecule has 2 N–H and O–H groups in total. The molecule has 2 aromatic rings. The number of anilines is 2.